The number of anilines is 1. The number of halogens is 2. The van der Waals surface area contributed by atoms with Crippen LogP contribution in [0.5, 0.6) is 0 Å². The molecule has 0 atom stereocenters. The first-order valence-corrected chi connectivity index (χ1v) is 9.98. The van der Waals surface area contributed by atoms with Gasteiger partial charge in [-0.1, -0.05) is 53.5 Å². The third-order valence-corrected chi connectivity index (χ3v) is 5.55. The van der Waals surface area contributed by atoms with Crippen LogP contribution >= 0.6 is 23.2 Å². The number of hydrogen-bond donors (Lipinski definition) is 1. The molecule has 28 heavy (non-hydrogen) atoms. The van der Waals surface area contributed by atoms with Gasteiger partial charge in [-0.3, -0.25) is 14.5 Å². The molecule has 1 fully saturated rings. The minimum Gasteiger partial charge on any atom is -0.340 e. The minimum atomic E-state index is -0.172. The van der Waals surface area contributed by atoms with Crippen molar-refractivity contribution in [3.63, 3.8) is 0 Å². The van der Waals surface area contributed by atoms with Gasteiger partial charge in [0.15, 0.2) is 0 Å². The van der Waals surface area contributed by atoms with Gasteiger partial charge < -0.3 is 10.2 Å². The Hall–Kier alpha value is -2.08. The van der Waals surface area contributed by atoms with Crippen molar-refractivity contribution in [1.82, 2.24) is 9.80 Å². The lowest BCUT2D eigenvalue weighted by Gasteiger charge is -2.34. The lowest BCUT2D eigenvalue weighted by molar-refractivity contribution is -0.132. The highest BCUT2D eigenvalue weighted by Gasteiger charge is 2.23. The van der Waals surface area contributed by atoms with Crippen LogP contribution in [0, 0.1) is 6.92 Å². The normalized spacial score (nSPS) is 14.8. The molecule has 2 amide bonds. The molecule has 0 aromatic heterocycles. The van der Waals surface area contributed by atoms with Crippen molar-refractivity contribution in [2.24, 2.45) is 0 Å². The maximum Gasteiger partial charge on any atom is 0.238 e. The van der Waals surface area contributed by atoms with Crippen LogP contribution in [0.15, 0.2) is 42.5 Å². The van der Waals surface area contributed by atoms with Crippen LogP contribution in [0.3, 0.4) is 0 Å². The molecular formula is C21H23Cl2N3O2. The van der Waals surface area contributed by atoms with E-state index in [2.05, 4.69) is 5.32 Å². The topological polar surface area (TPSA) is 52.7 Å². The molecule has 1 saturated heterocycles. The van der Waals surface area contributed by atoms with E-state index in [1.165, 1.54) is 0 Å². The first-order valence-electron chi connectivity index (χ1n) is 9.22. The molecule has 148 valence electrons. The van der Waals surface area contributed by atoms with Crippen LogP contribution < -0.4 is 5.32 Å². The Bertz CT molecular complexity index is 844. The number of carbonyl (C=O) groups is 2. The van der Waals surface area contributed by atoms with Crippen LogP contribution in [-0.4, -0.2) is 54.3 Å². The second-order valence-corrected chi connectivity index (χ2v) is 7.72. The molecule has 0 spiro atoms. The predicted molar refractivity (Wildman–Crippen MR) is 113 cm³/mol. The van der Waals surface area contributed by atoms with Crippen molar-refractivity contribution < 1.29 is 9.59 Å². The minimum absolute atomic E-state index is 0.126. The highest BCUT2D eigenvalue weighted by atomic mass is 35.5. The van der Waals surface area contributed by atoms with Crippen molar-refractivity contribution in [1.29, 1.82) is 0 Å². The second-order valence-electron chi connectivity index (χ2n) is 6.91. The van der Waals surface area contributed by atoms with Crippen LogP contribution in [0.1, 0.15) is 11.1 Å². The van der Waals surface area contributed by atoms with Crippen LogP contribution in [0.4, 0.5) is 5.69 Å². The maximum absolute atomic E-state index is 12.6. The summed E-state index contributed by atoms with van der Waals surface area (Å²) in [5, 5.41) is 3.59. The van der Waals surface area contributed by atoms with Gasteiger partial charge in [-0.2, -0.15) is 0 Å². The highest BCUT2D eigenvalue weighted by Crippen LogP contribution is 2.29. The van der Waals surface area contributed by atoms with Crippen molar-refractivity contribution in [3.8, 4) is 0 Å². The molecule has 0 saturated carbocycles. The Kier molecular flexibility index (Phi) is 6.94. The Morgan fingerprint density at radius 2 is 1.61 bits per heavy atom. The fraction of sp³-hybridized carbons (Fsp3) is 0.333. The number of carbonyl (C=O) groups excluding carboxylic acids is 2. The zero-order chi connectivity index (χ0) is 20.1. The van der Waals surface area contributed by atoms with E-state index in [-0.39, 0.29) is 18.4 Å². The van der Waals surface area contributed by atoms with Crippen LogP contribution in [0.25, 0.3) is 0 Å². The van der Waals surface area contributed by atoms with Gasteiger partial charge in [0, 0.05) is 26.2 Å². The molecule has 2 aromatic rings. The summed E-state index contributed by atoms with van der Waals surface area (Å²) in [4.78, 5) is 28.8. The molecule has 1 heterocycles. The summed E-state index contributed by atoms with van der Waals surface area (Å²) in [6, 6.07) is 13.0. The molecule has 5 nitrogen and oxygen atoms in total. The molecule has 0 radical (unpaired) electrons. The van der Waals surface area contributed by atoms with Crippen molar-refractivity contribution >= 4 is 40.7 Å². The van der Waals surface area contributed by atoms with E-state index >= 15 is 0 Å². The lowest BCUT2D eigenvalue weighted by Crippen LogP contribution is -2.50. The summed E-state index contributed by atoms with van der Waals surface area (Å²) in [6.45, 7) is 4.80. The summed E-state index contributed by atoms with van der Waals surface area (Å²) < 4.78 is 0. The second kappa shape index (κ2) is 9.41. The van der Waals surface area contributed by atoms with Crippen molar-refractivity contribution in [3.05, 3.63) is 63.6 Å². The quantitative estimate of drug-likeness (QED) is 0.804. The largest absolute Gasteiger partial charge is 0.340 e. The average molecular weight is 420 g/mol. The van der Waals surface area contributed by atoms with Gasteiger partial charge in [0.2, 0.25) is 11.8 Å². The van der Waals surface area contributed by atoms with Gasteiger partial charge in [0.1, 0.15) is 0 Å². The molecular weight excluding hydrogens is 397 g/mol. The van der Waals surface area contributed by atoms with Gasteiger partial charge in [-0.15, -0.1) is 0 Å². The van der Waals surface area contributed by atoms with Crippen molar-refractivity contribution in [2.45, 2.75) is 13.3 Å². The van der Waals surface area contributed by atoms with E-state index < -0.39 is 0 Å². The van der Waals surface area contributed by atoms with E-state index in [0.717, 1.165) is 11.1 Å². The molecule has 7 heteroatoms. The summed E-state index contributed by atoms with van der Waals surface area (Å²) in [5.41, 5.74) is 2.62. The molecule has 1 aliphatic heterocycles. The summed E-state index contributed by atoms with van der Waals surface area (Å²) in [5.74, 6) is -0.0454. The van der Waals surface area contributed by atoms with Gasteiger partial charge >= 0.3 is 0 Å². The van der Waals surface area contributed by atoms with E-state index in [0.29, 0.717) is 48.3 Å². The smallest absolute Gasteiger partial charge is 0.238 e. The Labute approximate surface area is 175 Å². The van der Waals surface area contributed by atoms with Gasteiger partial charge in [0.05, 0.1) is 28.7 Å². The Morgan fingerprint density at radius 1 is 0.964 bits per heavy atom. The number of benzene rings is 2. The van der Waals surface area contributed by atoms with Crippen LogP contribution in [-0.2, 0) is 16.0 Å². The summed E-state index contributed by atoms with van der Waals surface area (Å²) in [6.07, 6.45) is 0.415. The van der Waals surface area contributed by atoms with Crippen molar-refractivity contribution in [2.75, 3.05) is 38.0 Å². The maximum atomic E-state index is 12.6. The third kappa shape index (κ3) is 5.25. The molecule has 1 N–H and O–H groups in total. The molecule has 1 aliphatic rings. The molecule has 2 aromatic carbocycles. The number of hydrogen-bond acceptors (Lipinski definition) is 3. The van der Waals surface area contributed by atoms with Gasteiger partial charge in [-0.05, 0) is 30.2 Å². The van der Waals surface area contributed by atoms with E-state index in [1.54, 1.807) is 18.2 Å². The summed E-state index contributed by atoms with van der Waals surface area (Å²) >= 11 is 12.2. The SMILES string of the molecule is Cc1ccccc1CC(=O)N1CCN(CC(=O)Nc2c(Cl)cccc2Cl)CC1. The molecule has 3 rings (SSSR count). The Morgan fingerprint density at radius 3 is 2.25 bits per heavy atom. The first kappa shape index (κ1) is 20.6. The Balaban J connectivity index is 1.48. The standard InChI is InChI=1S/C21H23Cl2N3O2/c1-15-5-2-3-6-16(15)13-20(28)26-11-9-25(10-12-26)14-19(27)24-21-17(22)7-4-8-18(21)23/h2-8H,9-14H2,1H3,(H,24,27). The summed E-state index contributed by atoms with van der Waals surface area (Å²) in [7, 11) is 0. The molecule has 0 bridgehead atoms. The number of nitrogens with one attached hydrogen (secondary N) is 1. The number of para-hydroxylation sites is 1. The average Bonchev–Trinajstić information content (AvgIpc) is 2.67. The number of aryl methyl sites for hydroxylation is 1. The van der Waals surface area contributed by atoms with E-state index in [4.69, 9.17) is 23.2 Å². The van der Waals surface area contributed by atoms with Gasteiger partial charge in [0.25, 0.3) is 0 Å². The monoisotopic (exact) mass is 419 g/mol. The zero-order valence-electron chi connectivity index (χ0n) is 15.8. The number of rotatable bonds is 5. The fourth-order valence-corrected chi connectivity index (χ4v) is 3.73. The molecule has 0 unspecified atom stereocenters. The zero-order valence-corrected chi connectivity index (χ0v) is 17.3. The molecule has 0 aliphatic carbocycles. The van der Waals surface area contributed by atoms with Crippen LogP contribution in [0.2, 0.25) is 10.0 Å². The predicted octanol–water partition coefficient (Wildman–Crippen LogP) is 3.63. The number of nitrogens with zero attached hydrogens (tertiary/aromatic N) is 2. The third-order valence-electron chi connectivity index (χ3n) is 4.92. The fourth-order valence-electron chi connectivity index (χ4n) is 3.24. The highest BCUT2D eigenvalue weighted by molar-refractivity contribution is 6.39. The number of amides is 2. The van der Waals surface area contributed by atoms with E-state index in [1.807, 2.05) is 41.0 Å². The lowest BCUT2D eigenvalue weighted by atomic mass is 10.1. The first-order chi connectivity index (χ1) is 13.4. The number of piperazine rings is 1. The van der Waals surface area contributed by atoms with Gasteiger partial charge in [-0.25, -0.2) is 0 Å². The van der Waals surface area contributed by atoms with E-state index in [9.17, 15) is 9.59 Å².